The van der Waals surface area contributed by atoms with Crippen LogP contribution >= 0.6 is 0 Å². The maximum atomic E-state index is 12.5. The quantitative estimate of drug-likeness (QED) is 0.166. The number of rotatable bonds is 4. The Labute approximate surface area is 237 Å². The molecule has 0 spiro atoms. The molecule has 4 aliphatic rings. The number of ketones is 4. The molecule has 0 bridgehead atoms. The summed E-state index contributed by atoms with van der Waals surface area (Å²) in [5, 5.41) is 0. The molecule has 0 aliphatic heterocycles. The fourth-order valence-corrected chi connectivity index (χ4v) is 4.00. The van der Waals surface area contributed by atoms with Crippen molar-refractivity contribution in [2.24, 2.45) is 0 Å². The molecule has 4 aliphatic carbocycles. The summed E-state index contributed by atoms with van der Waals surface area (Å²) < 4.78 is 151. The van der Waals surface area contributed by atoms with Gasteiger partial charge in [-0.15, -0.1) is 0 Å². The fraction of sp³-hybridized carbons (Fsp3) is 0.143. The summed E-state index contributed by atoms with van der Waals surface area (Å²) in [6, 6.07) is 12.7. The van der Waals surface area contributed by atoms with Crippen molar-refractivity contribution in [3.05, 3.63) is 95.1 Å². The lowest BCUT2D eigenvalue weighted by Crippen LogP contribution is -2.23. The zero-order valence-corrected chi connectivity index (χ0v) is 21.1. The molecule has 44 heavy (non-hydrogen) atoms. The molecule has 0 fully saturated rings. The average molecular weight is 640 g/mol. The van der Waals surface area contributed by atoms with Crippen molar-refractivity contribution in [2.75, 3.05) is 0 Å². The molecule has 16 heteroatoms. The number of carbonyl (C=O) groups is 4. The lowest BCUT2D eigenvalue weighted by molar-refractivity contribution is -0.0891. The molecule has 0 amide bonds. The Morgan fingerprint density at radius 2 is 0.523 bits per heavy atom. The minimum absolute atomic E-state index is 0.344. The van der Waals surface area contributed by atoms with Crippen LogP contribution in [0.15, 0.2) is 72.8 Å². The van der Waals surface area contributed by atoms with E-state index in [9.17, 15) is 71.9 Å². The Hall–Kier alpha value is -4.76. The molecule has 4 rings (SSSR count). The molecule has 0 aromatic carbocycles. The van der Waals surface area contributed by atoms with Crippen LogP contribution < -0.4 is 0 Å². The predicted molar refractivity (Wildman–Crippen MR) is 128 cm³/mol. The maximum absolute atomic E-state index is 12.5. The summed E-state index contributed by atoms with van der Waals surface area (Å²) in [7, 11) is 0. The summed E-state index contributed by atoms with van der Waals surface area (Å²) >= 11 is 0. The van der Waals surface area contributed by atoms with E-state index in [4.69, 9.17) is 0 Å². The molecule has 0 aromatic heterocycles. The molecule has 0 saturated heterocycles. The SMILES string of the molecule is O=C(c1cc(C(=O)C(F)(F)F)c2cccccc1-2)C(F)(F)F.O=C(c1cc(C(=O)C(F)(F)F)c2cccccc1-2)C(F)(F)F. The van der Waals surface area contributed by atoms with Gasteiger partial charge in [-0.2, -0.15) is 52.7 Å². The molecular weight excluding hydrogens is 628 g/mol. The van der Waals surface area contributed by atoms with Gasteiger partial charge in [0.15, 0.2) is 0 Å². The van der Waals surface area contributed by atoms with E-state index in [2.05, 4.69) is 0 Å². The normalized spacial score (nSPS) is 12.5. The monoisotopic (exact) mass is 640 g/mol. The van der Waals surface area contributed by atoms with Gasteiger partial charge in [0.2, 0.25) is 0 Å². The van der Waals surface area contributed by atoms with Crippen molar-refractivity contribution >= 4 is 23.1 Å². The molecular formula is C28H12F12O4. The molecule has 232 valence electrons. The van der Waals surface area contributed by atoms with Crippen LogP contribution in [-0.4, -0.2) is 47.8 Å². The first-order valence-electron chi connectivity index (χ1n) is 11.6. The van der Waals surface area contributed by atoms with Crippen LogP contribution in [0.25, 0.3) is 22.3 Å². The molecule has 0 radical (unpaired) electrons. The van der Waals surface area contributed by atoms with Gasteiger partial charge >= 0.3 is 24.7 Å². The van der Waals surface area contributed by atoms with E-state index in [0.29, 0.717) is 12.1 Å². The van der Waals surface area contributed by atoms with Crippen LogP contribution in [0.4, 0.5) is 52.7 Å². The third-order valence-electron chi connectivity index (χ3n) is 5.82. The molecule has 0 unspecified atom stereocenters. The van der Waals surface area contributed by atoms with E-state index in [1.807, 2.05) is 0 Å². The first-order chi connectivity index (χ1) is 20.1. The van der Waals surface area contributed by atoms with Crippen LogP contribution in [0.2, 0.25) is 0 Å². The van der Waals surface area contributed by atoms with E-state index in [0.717, 1.165) is 24.3 Å². The summed E-state index contributed by atoms with van der Waals surface area (Å²) in [6.45, 7) is 0. The number of alkyl halides is 12. The second kappa shape index (κ2) is 11.7. The van der Waals surface area contributed by atoms with E-state index in [1.54, 1.807) is 0 Å². The van der Waals surface area contributed by atoms with Crippen LogP contribution in [0, 0.1) is 0 Å². The summed E-state index contributed by atoms with van der Waals surface area (Å²) in [5.74, 6) is -9.20. The molecule has 0 atom stereocenters. The molecule has 0 aromatic rings. The Morgan fingerprint density at radius 1 is 0.341 bits per heavy atom. The number of hydrogen-bond donors (Lipinski definition) is 0. The second-order valence-electron chi connectivity index (χ2n) is 8.73. The van der Waals surface area contributed by atoms with Gasteiger partial charge in [0.1, 0.15) is 0 Å². The van der Waals surface area contributed by atoms with E-state index < -0.39 is 70.1 Å². The molecule has 0 heterocycles. The van der Waals surface area contributed by atoms with Gasteiger partial charge in [-0.3, -0.25) is 19.2 Å². The average Bonchev–Trinajstić information content (AvgIpc) is 3.17. The zero-order valence-electron chi connectivity index (χ0n) is 21.1. The fourth-order valence-electron chi connectivity index (χ4n) is 4.00. The number of carbonyl (C=O) groups excluding carboxylic acids is 4. The highest BCUT2D eigenvalue weighted by molar-refractivity contribution is 6.15. The van der Waals surface area contributed by atoms with Gasteiger partial charge in [0.05, 0.1) is 0 Å². The maximum Gasteiger partial charge on any atom is 0.454 e. The van der Waals surface area contributed by atoms with Crippen molar-refractivity contribution in [1.29, 1.82) is 0 Å². The van der Waals surface area contributed by atoms with Crippen LogP contribution in [0.3, 0.4) is 0 Å². The minimum atomic E-state index is -5.26. The third kappa shape index (κ3) is 7.06. The summed E-state index contributed by atoms with van der Waals surface area (Å²) in [4.78, 5) is 45.4. The van der Waals surface area contributed by atoms with E-state index in [-0.39, 0.29) is 22.3 Å². The lowest BCUT2D eigenvalue weighted by Gasteiger charge is -2.05. The van der Waals surface area contributed by atoms with Crippen molar-refractivity contribution in [3.8, 4) is 22.3 Å². The van der Waals surface area contributed by atoms with Crippen molar-refractivity contribution in [1.82, 2.24) is 0 Å². The number of Topliss-reactive ketones (excluding diaryl/α,β-unsaturated/α-hetero) is 4. The second-order valence-corrected chi connectivity index (χ2v) is 8.73. The van der Waals surface area contributed by atoms with Gasteiger partial charge < -0.3 is 0 Å². The number of hydrogen-bond acceptors (Lipinski definition) is 4. The Morgan fingerprint density at radius 3 is 0.682 bits per heavy atom. The lowest BCUT2D eigenvalue weighted by atomic mass is 10.0. The van der Waals surface area contributed by atoms with Gasteiger partial charge in [-0.05, 0) is 34.4 Å². The van der Waals surface area contributed by atoms with Gasteiger partial charge in [-0.25, -0.2) is 0 Å². The van der Waals surface area contributed by atoms with Crippen LogP contribution in [0.5, 0.6) is 0 Å². The minimum Gasteiger partial charge on any atom is -0.284 e. The Bertz CT molecular complexity index is 1440. The highest BCUT2D eigenvalue weighted by Crippen LogP contribution is 2.39. The first kappa shape index (κ1) is 33.7. The summed E-state index contributed by atoms with van der Waals surface area (Å²) in [5.41, 5.74) is -5.37. The number of halogens is 12. The van der Waals surface area contributed by atoms with Crippen molar-refractivity contribution < 1.29 is 71.9 Å². The zero-order chi connectivity index (χ0) is 33.4. The highest BCUT2D eigenvalue weighted by Gasteiger charge is 2.47. The van der Waals surface area contributed by atoms with E-state index in [1.165, 1.54) is 36.4 Å². The predicted octanol–water partition coefficient (Wildman–Crippen LogP) is 8.56. The molecule has 0 saturated carbocycles. The summed E-state index contributed by atoms with van der Waals surface area (Å²) in [6.07, 6.45) is -21.0. The van der Waals surface area contributed by atoms with Crippen LogP contribution in [-0.2, 0) is 0 Å². The van der Waals surface area contributed by atoms with E-state index >= 15 is 0 Å². The van der Waals surface area contributed by atoms with Gasteiger partial charge in [-0.1, -0.05) is 60.7 Å². The van der Waals surface area contributed by atoms with Gasteiger partial charge in [0, 0.05) is 22.3 Å². The first-order valence-corrected chi connectivity index (χ1v) is 11.6. The highest BCUT2D eigenvalue weighted by atomic mass is 19.4. The Kier molecular flexibility index (Phi) is 8.99. The van der Waals surface area contributed by atoms with Gasteiger partial charge in [0.25, 0.3) is 23.1 Å². The standard InChI is InChI=1S/2C14H6F6O2/c2*15-13(16,17)11(21)9-6-10(12(22)14(18,19)20)8-5-3-1-2-4-7(8)9/h2*1-6H. The third-order valence-corrected chi connectivity index (χ3v) is 5.82. The van der Waals surface area contributed by atoms with Crippen LogP contribution in [0.1, 0.15) is 41.4 Å². The topological polar surface area (TPSA) is 68.3 Å². The van der Waals surface area contributed by atoms with Crippen molar-refractivity contribution in [3.63, 3.8) is 0 Å². The largest absolute Gasteiger partial charge is 0.454 e. The number of fused-ring (bicyclic) bond motifs is 2. The van der Waals surface area contributed by atoms with Crippen molar-refractivity contribution in [2.45, 2.75) is 24.7 Å². The smallest absolute Gasteiger partial charge is 0.284 e. The Balaban J connectivity index is 0.000000240. The molecule has 4 nitrogen and oxygen atoms in total. The molecule has 0 N–H and O–H groups in total.